The highest BCUT2D eigenvalue weighted by atomic mass is 35.5. The van der Waals surface area contributed by atoms with Gasteiger partial charge in [-0.25, -0.2) is 0 Å². The molecule has 2 aliphatic rings. The summed E-state index contributed by atoms with van der Waals surface area (Å²) in [6.07, 6.45) is 4.02. The van der Waals surface area contributed by atoms with Gasteiger partial charge in [0.25, 0.3) is 0 Å². The molecule has 1 aliphatic heterocycles. The van der Waals surface area contributed by atoms with Gasteiger partial charge in [0.15, 0.2) is 15.0 Å². The van der Waals surface area contributed by atoms with Crippen molar-refractivity contribution in [1.82, 2.24) is 0 Å². The average Bonchev–Trinajstić information content (AvgIpc) is 2.58. The van der Waals surface area contributed by atoms with Gasteiger partial charge in [-0.15, -0.1) is 0 Å². The molecule has 0 bridgehead atoms. The summed E-state index contributed by atoms with van der Waals surface area (Å²) in [7, 11) is 0. The molecule has 0 unspecified atom stereocenters. The second-order valence-corrected chi connectivity index (χ2v) is 5.42. The highest BCUT2D eigenvalue weighted by molar-refractivity contribution is 6.51. The normalized spacial score (nSPS) is 49.6. The zero-order chi connectivity index (χ0) is 9.04. The van der Waals surface area contributed by atoms with Crippen LogP contribution in [-0.2, 0) is 4.74 Å². The molecule has 68 valence electrons. The molecule has 1 heterocycles. The van der Waals surface area contributed by atoms with Crippen LogP contribution in [0.25, 0.3) is 0 Å². The highest BCUT2D eigenvalue weighted by Crippen LogP contribution is 2.68. The first-order valence-electron chi connectivity index (χ1n) is 3.88. The van der Waals surface area contributed by atoms with Crippen LogP contribution in [0, 0.1) is 0 Å². The molecule has 0 spiro atoms. The molecule has 0 aromatic heterocycles. The van der Waals surface area contributed by atoms with E-state index in [2.05, 4.69) is 6.58 Å². The fraction of sp³-hybridized carbons (Fsp3) is 0.750. The SMILES string of the molecule is C=C[C@]12O[C@@]1(Cl)CCCC2(Cl)Cl. The van der Waals surface area contributed by atoms with Crippen LogP contribution < -0.4 is 0 Å². The summed E-state index contributed by atoms with van der Waals surface area (Å²) in [5.74, 6) is 0. The van der Waals surface area contributed by atoms with E-state index in [0.717, 1.165) is 12.8 Å². The van der Waals surface area contributed by atoms with Crippen LogP contribution in [0.1, 0.15) is 19.3 Å². The number of hydrogen-bond acceptors (Lipinski definition) is 1. The molecule has 2 fully saturated rings. The van der Waals surface area contributed by atoms with Crippen molar-refractivity contribution in [3.05, 3.63) is 12.7 Å². The summed E-state index contributed by atoms with van der Waals surface area (Å²) < 4.78 is 4.49. The van der Waals surface area contributed by atoms with E-state index in [1.54, 1.807) is 6.08 Å². The Hall–Kier alpha value is 0.570. The van der Waals surface area contributed by atoms with E-state index in [1.807, 2.05) is 0 Å². The molecule has 1 aliphatic carbocycles. The van der Waals surface area contributed by atoms with Gasteiger partial charge in [-0.2, -0.15) is 0 Å². The van der Waals surface area contributed by atoms with Gasteiger partial charge in [0.05, 0.1) is 0 Å². The van der Waals surface area contributed by atoms with Gasteiger partial charge >= 0.3 is 0 Å². The Balaban J connectivity index is 2.36. The zero-order valence-corrected chi connectivity index (χ0v) is 8.72. The topological polar surface area (TPSA) is 12.5 Å². The van der Waals surface area contributed by atoms with Crippen molar-refractivity contribution in [2.75, 3.05) is 0 Å². The number of halogens is 3. The van der Waals surface area contributed by atoms with E-state index < -0.39 is 15.0 Å². The molecule has 12 heavy (non-hydrogen) atoms. The number of alkyl halides is 3. The largest absolute Gasteiger partial charge is 0.338 e. The Morgan fingerprint density at radius 1 is 1.25 bits per heavy atom. The van der Waals surface area contributed by atoms with Crippen molar-refractivity contribution in [2.24, 2.45) is 0 Å². The van der Waals surface area contributed by atoms with Crippen LogP contribution in [0.4, 0.5) is 0 Å². The van der Waals surface area contributed by atoms with Crippen molar-refractivity contribution in [2.45, 2.75) is 34.3 Å². The van der Waals surface area contributed by atoms with Gasteiger partial charge in [-0.3, -0.25) is 0 Å². The molecule has 2 atom stereocenters. The van der Waals surface area contributed by atoms with Crippen molar-refractivity contribution < 1.29 is 4.74 Å². The summed E-state index contributed by atoms with van der Waals surface area (Å²) in [5, 5.41) is -0.684. The number of hydrogen-bond donors (Lipinski definition) is 0. The summed E-state index contributed by atoms with van der Waals surface area (Å²) in [5.41, 5.74) is -0.719. The Morgan fingerprint density at radius 2 is 1.92 bits per heavy atom. The minimum atomic E-state index is -0.908. The van der Waals surface area contributed by atoms with E-state index in [-0.39, 0.29) is 0 Å². The number of fused-ring (bicyclic) bond motifs is 1. The smallest absolute Gasteiger partial charge is 0.178 e. The Morgan fingerprint density at radius 3 is 2.33 bits per heavy atom. The third-order valence-electron chi connectivity index (χ3n) is 2.66. The lowest BCUT2D eigenvalue weighted by Gasteiger charge is -2.30. The van der Waals surface area contributed by atoms with E-state index >= 15 is 0 Å². The van der Waals surface area contributed by atoms with Crippen LogP contribution in [-0.4, -0.2) is 15.0 Å². The maximum atomic E-state index is 6.13. The predicted octanol–water partition coefficient (Wildman–Crippen LogP) is 3.23. The van der Waals surface area contributed by atoms with Gasteiger partial charge in [0.1, 0.15) is 0 Å². The Bertz CT molecular complexity index is 240. The summed E-state index contributed by atoms with van der Waals surface area (Å²) >= 11 is 18.3. The van der Waals surface area contributed by atoms with E-state index in [4.69, 9.17) is 39.5 Å². The molecule has 0 aromatic carbocycles. The van der Waals surface area contributed by atoms with Crippen molar-refractivity contribution in [3.63, 3.8) is 0 Å². The first kappa shape index (κ1) is 9.14. The van der Waals surface area contributed by atoms with Crippen molar-refractivity contribution in [3.8, 4) is 0 Å². The molecule has 0 radical (unpaired) electrons. The second-order valence-electron chi connectivity index (χ2n) is 3.33. The molecule has 0 aromatic rings. The maximum Gasteiger partial charge on any atom is 0.178 e. The highest BCUT2D eigenvalue weighted by Gasteiger charge is 2.78. The molecule has 1 saturated heterocycles. The summed E-state index contributed by atoms with van der Waals surface area (Å²) in [4.78, 5) is 0. The third kappa shape index (κ3) is 0.859. The quantitative estimate of drug-likeness (QED) is 0.381. The van der Waals surface area contributed by atoms with Gasteiger partial charge in [-0.1, -0.05) is 47.5 Å². The number of ether oxygens (including phenoxy) is 1. The molecule has 0 N–H and O–H groups in total. The molecule has 4 heteroatoms. The lowest BCUT2D eigenvalue weighted by molar-refractivity contribution is 0.312. The Kier molecular flexibility index (Phi) is 1.77. The van der Waals surface area contributed by atoms with Crippen LogP contribution in [0.2, 0.25) is 0 Å². The summed E-state index contributed by atoms with van der Waals surface area (Å²) in [6, 6.07) is 0. The fourth-order valence-electron chi connectivity index (χ4n) is 1.88. The van der Waals surface area contributed by atoms with Crippen LogP contribution in [0.5, 0.6) is 0 Å². The Labute approximate surface area is 86.6 Å². The van der Waals surface area contributed by atoms with E-state index in [9.17, 15) is 0 Å². The third-order valence-corrected chi connectivity index (χ3v) is 4.14. The minimum Gasteiger partial charge on any atom is -0.338 e. The first-order valence-corrected chi connectivity index (χ1v) is 5.01. The maximum absolute atomic E-state index is 6.13. The molecule has 1 nitrogen and oxygen atoms in total. The van der Waals surface area contributed by atoms with Crippen molar-refractivity contribution in [1.29, 1.82) is 0 Å². The van der Waals surface area contributed by atoms with Gasteiger partial charge < -0.3 is 4.74 Å². The summed E-state index contributed by atoms with van der Waals surface area (Å²) in [6.45, 7) is 3.66. The van der Waals surface area contributed by atoms with E-state index in [0.29, 0.717) is 6.42 Å². The molecule has 1 saturated carbocycles. The van der Waals surface area contributed by atoms with Gasteiger partial charge in [0, 0.05) is 0 Å². The standard InChI is InChI=1S/C8H9Cl3O/c1-2-6-7(9,10)4-3-5-8(6,11)12-6/h2H,1,3-5H2/t6-,8+/m1/s1. The number of rotatable bonds is 1. The zero-order valence-electron chi connectivity index (χ0n) is 6.45. The number of epoxide rings is 1. The van der Waals surface area contributed by atoms with Crippen LogP contribution in [0.3, 0.4) is 0 Å². The predicted molar refractivity (Wildman–Crippen MR) is 50.9 cm³/mol. The van der Waals surface area contributed by atoms with Gasteiger partial charge in [0.2, 0.25) is 0 Å². The monoisotopic (exact) mass is 226 g/mol. The minimum absolute atomic E-state index is 0.684. The average molecular weight is 228 g/mol. The van der Waals surface area contributed by atoms with E-state index in [1.165, 1.54) is 0 Å². The molecule has 0 amide bonds. The fourth-order valence-corrected chi connectivity index (χ4v) is 3.28. The first-order chi connectivity index (χ1) is 5.47. The second kappa shape index (κ2) is 2.33. The lowest BCUT2D eigenvalue weighted by Crippen LogP contribution is -2.41. The molecular formula is C8H9Cl3O. The van der Waals surface area contributed by atoms with Crippen molar-refractivity contribution >= 4 is 34.8 Å². The van der Waals surface area contributed by atoms with Gasteiger partial charge in [-0.05, 0) is 19.3 Å². The molecule has 2 rings (SSSR count). The van der Waals surface area contributed by atoms with Crippen LogP contribution in [0.15, 0.2) is 12.7 Å². The lowest BCUT2D eigenvalue weighted by atomic mass is 9.87. The molecular weight excluding hydrogens is 218 g/mol. The van der Waals surface area contributed by atoms with Crippen LogP contribution >= 0.6 is 34.8 Å².